The van der Waals surface area contributed by atoms with Crippen LogP contribution in [0, 0.1) is 0 Å². The quantitative estimate of drug-likeness (QED) is 0.700. The van der Waals surface area contributed by atoms with Crippen LogP contribution in [0.4, 0.5) is 0 Å². The average molecular weight is 354 g/mol. The van der Waals surface area contributed by atoms with Crippen molar-refractivity contribution in [2.75, 3.05) is 13.1 Å². The van der Waals surface area contributed by atoms with Crippen LogP contribution in [0.25, 0.3) is 10.9 Å². The Kier molecular flexibility index (Phi) is 4.81. The molecule has 4 nitrogen and oxygen atoms in total. The minimum absolute atomic E-state index is 0.263. The molecule has 1 saturated heterocycles. The number of likely N-dealkylation sites (tertiary alicyclic amines) is 1. The molecule has 0 amide bonds. The van der Waals surface area contributed by atoms with Crippen molar-refractivity contribution >= 4 is 22.5 Å². The summed E-state index contributed by atoms with van der Waals surface area (Å²) < 4.78 is 6.00. The number of piperidine rings is 1. The summed E-state index contributed by atoms with van der Waals surface area (Å²) in [5.41, 5.74) is 1.95. The molecule has 0 radical (unpaired) electrons. The number of hydrogen-bond acceptors (Lipinski definition) is 4. The lowest BCUT2D eigenvalue weighted by Crippen LogP contribution is -2.38. The fraction of sp³-hybridized carbons (Fsp3) is 0.300. The molecule has 1 aliphatic rings. The molecule has 1 fully saturated rings. The Bertz CT molecular complexity index is 848. The van der Waals surface area contributed by atoms with Gasteiger partial charge >= 0.3 is 0 Å². The van der Waals surface area contributed by atoms with Gasteiger partial charge in [-0.15, -0.1) is 0 Å². The highest BCUT2D eigenvalue weighted by molar-refractivity contribution is 6.35. The van der Waals surface area contributed by atoms with E-state index in [0.717, 1.165) is 54.8 Å². The van der Waals surface area contributed by atoms with Crippen LogP contribution >= 0.6 is 11.6 Å². The molecule has 3 aromatic rings. The molecule has 0 unspecified atom stereocenters. The predicted molar refractivity (Wildman–Crippen MR) is 99.9 cm³/mol. The van der Waals surface area contributed by atoms with E-state index in [1.165, 1.54) is 0 Å². The SMILES string of the molecule is Clc1cccc2ccc(CN3CCC(Oc4cccnc4)CC3)nc12. The summed E-state index contributed by atoms with van der Waals surface area (Å²) in [7, 11) is 0. The molecule has 128 valence electrons. The second kappa shape index (κ2) is 7.38. The van der Waals surface area contributed by atoms with Gasteiger partial charge in [-0.1, -0.05) is 29.8 Å². The van der Waals surface area contributed by atoms with Gasteiger partial charge in [-0.05, 0) is 37.1 Å². The maximum Gasteiger partial charge on any atom is 0.137 e. The number of aromatic nitrogens is 2. The zero-order chi connectivity index (χ0) is 17.1. The first-order valence-corrected chi connectivity index (χ1v) is 8.99. The van der Waals surface area contributed by atoms with Crippen molar-refractivity contribution in [3.63, 3.8) is 0 Å². The van der Waals surface area contributed by atoms with Gasteiger partial charge in [0.05, 0.1) is 22.4 Å². The zero-order valence-corrected chi connectivity index (χ0v) is 14.7. The number of pyridine rings is 2. The molecule has 25 heavy (non-hydrogen) atoms. The Hall–Kier alpha value is -2.17. The minimum atomic E-state index is 0.263. The van der Waals surface area contributed by atoms with Crippen molar-refractivity contribution in [1.29, 1.82) is 0 Å². The van der Waals surface area contributed by atoms with Crippen molar-refractivity contribution in [2.45, 2.75) is 25.5 Å². The molecule has 1 aromatic carbocycles. The third-order valence-electron chi connectivity index (χ3n) is 4.59. The third-order valence-corrected chi connectivity index (χ3v) is 4.89. The van der Waals surface area contributed by atoms with Crippen molar-refractivity contribution < 1.29 is 4.74 Å². The van der Waals surface area contributed by atoms with E-state index in [4.69, 9.17) is 21.3 Å². The largest absolute Gasteiger partial charge is 0.489 e. The van der Waals surface area contributed by atoms with Crippen LogP contribution in [0.2, 0.25) is 5.02 Å². The molecule has 2 aromatic heterocycles. The van der Waals surface area contributed by atoms with Gasteiger partial charge in [-0.2, -0.15) is 0 Å². The monoisotopic (exact) mass is 353 g/mol. The van der Waals surface area contributed by atoms with E-state index in [1.54, 1.807) is 12.4 Å². The highest BCUT2D eigenvalue weighted by Gasteiger charge is 2.21. The van der Waals surface area contributed by atoms with Crippen molar-refractivity contribution in [3.05, 3.63) is 65.6 Å². The first kappa shape index (κ1) is 16.3. The van der Waals surface area contributed by atoms with E-state index in [0.29, 0.717) is 5.02 Å². The highest BCUT2D eigenvalue weighted by Crippen LogP contribution is 2.23. The molecule has 0 bridgehead atoms. The summed E-state index contributed by atoms with van der Waals surface area (Å²) >= 11 is 6.27. The summed E-state index contributed by atoms with van der Waals surface area (Å²) in [6, 6.07) is 13.9. The first-order chi connectivity index (χ1) is 12.3. The lowest BCUT2D eigenvalue weighted by molar-refractivity contribution is 0.0959. The number of ether oxygens (including phenoxy) is 1. The summed E-state index contributed by atoms with van der Waals surface area (Å²) in [4.78, 5) is 11.3. The van der Waals surface area contributed by atoms with Crippen molar-refractivity contribution in [1.82, 2.24) is 14.9 Å². The summed E-state index contributed by atoms with van der Waals surface area (Å²) in [5.74, 6) is 0.854. The van der Waals surface area contributed by atoms with Crippen LogP contribution in [0.15, 0.2) is 54.9 Å². The number of fused-ring (bicyclic) bond motifs is 1. The zero-order valence-electron chi connectivity index (χ0n) is 13.9. The number of halogens is 1. The molecule has 0 N–H and O–H groups in total. The number of rotatable bonds is 4. The Labute approximate surface area is 152 Å². The second-order valence-corrected chi connectivity index (χ2v) is 6.80. The third kappa shape index (κ3) is 3.91. The molecule has 0 aliphatic carbocycles. The van der Waals surface area contributed by atoms with E-state index in [9.17, 15) is 0 Å². The number of para-hydroxylation sites is 1. The van der Waals surface area contributed by atoms with E-state index in [-0.39, 0.29) is 6.10 Å². The van der Waals surface area contributed by atoms with Gasteiger partial charge in [-0.3, -0.25) is 9.88 Å². The van der Waals surface area contributed by atoms with Gasteiger partial charge in [0.25, 0.3) is 0 Å². The fourth-order valence-corrected chi connectivity index (χ4v) is 3.49. The summed E-state index contributed by atoms with van der Waals surface area (Å²) in [5, 5.41) is 1.79. The van der Waals surface area contributed by atoms with E-state index in [2.05, 4.69) is 22.0 Å². The molecular formula is C20H20ClN3O. The van der Waals surface area contributed by atoms with Gasteiger partial charge in [0.2, 0.25) is 0 Å². The van der Waals surface area contributed by atoms with Crippen molar-refractivity contribution in [3.8, 4) is 5.75 Å². The van der Waals surface area contributed by atoms with E-state index >= 15 is 0 Å². The maximum atomic E-state index is 6.27. The van der Waals surface area contributed by atoms with Gasteiger partial charge < -0.3 is 4.74 Å². The number of nitrogens with zero attached hydrogens (tertiary/aromatic N) is 3. The Balaban J connectivity index is 1.36. The second-order valence-electron chi connectivity index (χ2n) is 6.40. The molecule has 1 aliphatic heterocycles. The molecule has 4 rings (SSSR count). The van der Waals surface area contributed by atoms with Gasteiger partial charge in [0.1, 0.15) is 11.9 Å². The molecule has 0 spiro atoms. The topological polar surface area (TPSA) is 38.2 Å². The lowest BCUT2D eigenvalue weighted by atomic mass is 10.1. The van der Waals surface area contributed by atoms with Crippen LogP contribution in [0.5, 0.6) is 5.75 Å². The van der Waals surface area contributed by atoms with Crippen LogP contribution < -0.4 is 4.74 Å². The van der Waals surface area contributed by atoms with E-state index in [1.807, 2.05) is 30.3 Å². The van der Waals surface area contributed by atoms with Crippen LogP contribution in [0.1, 0.15) is 18.5 Å². The molecular weight excluding hydrogens is 334 g/mol. The fourth-order valence-electron chi connectivity index (χ4n) is 3.26. The minimum Gasteiger partial charge on any atom is -0.489 e. The summed E-state index contributed by atoms with van der Waals surface area (Å²) in [6.07, 6.45) is 5.83. The van der Waals surface area contributed by atoms with E-state index < -0.39 is 0 Å². The number of benzene rings is 1. The molecule has 0 atom stereocenters. The Morgan fingerprint density at radius 3 is 2.76 bits per heavy atom. The normalized spacial score (nSPS) is 16.2. The number of hydrogen-bond donors (Lipinski definition) is 0. The first-order valence-electron chi connectivity index (χ1n) is 8.61. The Morgan fingerprint density at radius 1 is 1.08 bits per heavy atom. The van der Waals surface area contributed by atoms with Crippen LogP contribution in [0.3, 0.4) is 0 Å². The molecule has 0 saturated carbocycles. The van der Waals surface area contributed by atoms with Gasteiger partial charge in [-0.25, -0.2) is 4.98 Å². The van der Waals surface area contributed by atoms with Gasteiger partial charge in [0.15, 0.2) is 0 Å². The molecule has 5 heteroatoms. The predicted octanol–water partition coefficient (Wildman–Crippen LogP) is 4.33. The molecule has 3 heterocycles. The lowest BCUT2D eigenvalue weighted by Gasteiger charge is -2.31. The van der Waals surface area contributed by atoms with Crippen LogP contribution in [-0.4, -0.2) is 34.1 Å². The average Bonchev–Trinajstić information content (AvgIpc) is 2.65. The van der Waals surface area contributed by atoms with Crippen molar-refractivity contribution in [2.24, 2.45) is 0 Å². The smallest absolute Gasteiger partial charge is 0.137 e. The van der Waals surface area contributed by atoms with Gasteiger partial charge in [0, 0.05) is 31.2 Å². The standard InChI is InChI=1S/C20H20ClN3O/c21-19-5-1-3-15-6-7-16(23-20(15)19)14-24-11-8-17(9-12-24)25-18-4-2-10-22-13-18/h1-7,10,13,17H,8-9,11-12,14H2. The van der Waals surface area contributed by atoms with Crippen LogP contribution in [-0.2, 0) is 6.54 Å². The highest BCUT2D eigenvalue weighted by atomic mass is 35.5. The summed E-state index contributed by atoms with van der Waals surface area (Å²) in [6.45, 7) is 2.86. The maximum absolute atomic E-state index is 6.27. The Morgan fingerprint density at radius 2 is 1.96 bits per heavy atom.